The van der Waals surface area contributed by atoms with E-state index < -0.39 is 10.1 Å². The third kappa shape index (κ3) is 6.14. The number of benzene rings is 1. The molecule has 0 atom stereocenters. The average molecular weight is 298 g/mol. The molecule has 0 spiro atoms. The molecular weight excluding hydrogens is 279 g/mol. The van der Waals surface area contributed by atoms with Crippen molar-refractivity contribution in [1.82, 2.24) is 0 Å². The first-order valence-electron chi connectivity index (χ1n) is 5.86. The average Bonchev–Trinajstić information content (AvgIpc) is 2.33. The Morgan fingerprint density at radius 2 is 1.68 bits per heavy atom. The minimum absolute atomic E-state index is 0. The Hall–Kier alpha value is -0.270. The molecule has 0 aliphatic rings. The molecule has 0 aliphatic carbocycles. The molecule has 1 N–H and O–H groups in total. The molecule has 19 heavy (non-hydrogen) atoms. The van der Waals surface area contributed by atoms with Gasteiger partial charge in [-0.1, -0.05) is 13.8 Å². The van der Waals surface area contributed by atoms with Crippen LogP contribution in [0.4, 0.5) is 0 Å². The molecule has 0 fully saturated rings. The van der Waals surface area contributed by atoms with Gasteiger partial charge < -0.3 is 9.47 Å². The van der Waals surface area contributed by atoms with Gasteiger partial charge >= 0.3 is 29.6 Å². The fourth-order valence-electron chi connectivity index (χ4n) is 1.33. The van der Waals surface area contributed by atoms with Gasteiger partial charge in [0, 0.05) is 6.07 Å². The zero-order valence-corrected chi connectivity index (χ0v) is 11.4. The van der Waals surface area contributed by atoms with E-state index in [9.17, 15) is 8.42 Å². The van der Waals surface area contributed by atoms with E-state index >= 15 is 0 Å². The molecule has 1 aromatic rings. The Kier molecular flexibility index (Phi) is 8.69. The summed E-state index contributed by atoms with van der Waals surface area (Å²) >= 11 is 0. The minimum atomic E-state index is -4.32. The van der Waals surface area contributed by atoms with E-state index in [4.69, 9.17) is 14.0 Å². The van der Waals surface area contributed by atoms with Gasteiger partial charge in [0.25, 0.3) is 10.1 Å². The second-order valence-electron chi connectivity index (χ2n) is 3.78. The summed E-state index contributed by atoms with van der Waals surface area (Å²) < 4.78 is 42.3. The molecule has 104 valence electrons. The van der Waals surface area contributed by atoms with Crippen molar-refractivity contribution in [2.45, 2.75) is 31.6 Å². The van der Waals surface area contributed by atoms with Crippen LogP contribution in [0.2, 0.25) is 0 Å². The van der Waals surface area contributed by atoms with Crippen LogP contribution in [0.25, 0.3) is 0 Å². The summed E-state index contributed by atoms with van der Waals surface area (Å²) in [4.78, 5) is -0.260. The monoisotopic (exact) mass is 298 g/mol. The first kappa shape index (κ1) is 18.7. The number of rotatable bonds is 7. The summed E-state index contributed by atoms with van der Waals surface area (Å²) in [5.41, 5.74) is 0. The molecule has 0 saturated carbocycles. The van der Waals surface area contributed by atoms with Gasteiger partial charge in [0.1, 0.15) is 16.4 Å². The Morgan fingerprint density at radius 1 is 1.11 bits per heavy atom. The van der Waals surface area contributed by atoms with Gasteiger partial charge in [-0.15, -0.1) is 0 Å². The summed E-state index contributed by atoms with van der Waals surface area (Å²) in [6, 6.07) is 4.38. The molecule has 0 aromatic heterocycles. The number of hydrogen-bond acceptors (Lipinski definition) is 4. The van der Waals surface area contributed by atoms with Crippen LogP contribution < -0.4 is 9.47 Å². The molecule has 0 heterocycles. The first-order chi connectivity index (χ1) is 8.49. The summed E-state index contributed by atoms with van der Waals surface area (Å²) in [7, 11) is -4.32. The van der Waals surface area contributed by atoms with E-state index in [1.165, 1.54) is 12.1 Å². The van der Waals surface area contributed by atoms with Crippen molar-refractivity contribution in [3.8, 4) is 11.5 Å². The summed E-state index contributed by atoms with van der Waals surface area (Å²) in [6.45, 7) is 4.73. The molecule has 0 amide bonds. The molecule has 0 radical (unpaired) electrons. The predicted molar refractivity (Wildman–Crippen MR) is 75.0 cm³/mol. The van der Waals surface area contributed by atoms with E-state index in [1.54, 1.807) is 6.07 Å². The van der Waals surface area contributed by atoms with E-state index in [-0.39, 0.29) is 40.2 Å². The van der Waals surface area contributed by atoms with E-state index in [0.29, 0.717) is 19.0 Å². The van der Waals surface area contributed by atoms with Gasteiger partial charge in [0.2, 0.25) is 0 Å². The molecule has 1 aromatic carbocycles. The van der Waals surface area contributed by atoms with Crippen molar-refractivity contribution >= 4 is 39.7 Å². The van der Waals surface area contributed by atoms with E-state index in [2.05, 4.69) is 0 Å². The van der Waals surface area contributed by atoms with Crippen molar-refractivity contribution < 1.29 is 22.4 Å². The fourth-order valence-corrected chi connectivity index (χ4v) is 1.98. The molecular formula is C12H19NaO5S. The molecule has 0 bridgehead atoms. The maximum absolute atomic E-state index is 11.3. The van der Waals surface area contributed by atoms with Crippen LogP contribution in [-0.2, 0) is 10.1 Å². The Balaban J connectivity index is 0.00000324. The number of hydrogen-bond donors (Lipinski definition) is 1. The van der Waals surface area contributed by atoms with Crippen LogP contribution in [0, 0.1) is 0 Å². The second kappa shape index (κ2) is 8.81. The summed E-state index contributed by atoms with van der Waals surface area (Å²) in [5, 5.41) is 0. The summed E-state index contributed by atoms with van der Waals surface area (Å²) in [6.07, 6.45) is 1.56. The van der Waals surface area contributed by atoms with Gasteiger partial charge in [0.05, 0.1) is 13.2 Å². The van der Waals surface area contributed by atoms with Gasteiger partial charge in [-0.05, 0) is 25.0 Å². The quantitative estimate of drug-likeness (QED) is 0.614. The van der Waals surface area contributed by atoms with Crippen molar-refractivity contribution in [2.24, 2.45) is 0 Å². The van der Waals surface area contributed by atoms with Gasteiger partial charge in [0.15, 0.2) is 0 Å². The molecule has 0 unspecified atom stereocenters. The number of ether oxygens (including phenoxy) is 2. The molecule has 5 nitrogen and oxygen atoms in total. The van der Waals surface area contributed by atoms with Crippen LogP contribution in [0.15, 0.2) is 23.1 Å². The fraction of sp³-hybridized carbons (Fsp3) is 0.500. The van der Waals surface area contributed by atoms with Crippen LogP contribution in [-0.4, -0.2) is 55.7 Å². The zero-order valence-electron chi connectivity index (χ0n) is 10.5. The van der Waals surface area contributed by atoms with Crippen LogP contribution >= 0.6 is 0 Å². The normalized spacial score (nSPS) is 10.7. The third-order valence-electron chi connectivity index (χ3n) is 2.13. The van der Waals surface area contributed by atoms with Crippen molar-refractivity contribution in [1.29, 1.82) is 0 Å². The molecule has 7 heteroatoms. The van der Waals surface area contributed by atoms with E-state index in [1.807, 2.05) is 13.8 Å². The van der Waals surface area contributed by atoms with Gasteiger partial charge in [-0.2, -0.15) is 8.42 Å². The maximum atomic E-state index is 11.3. The molecule has 1 rings (SSSR count). The predicted octanol–water partition coefficient (Wildman–Crippen LogP) is 1.86. The standard InChI is InChI=1S/C12H18O5S.Na.H/c1-3-7-16-10-5-6-11(17-8-4-2)12(9-10)18(13,14)15;;/h5-6,9H,3-4,7-8H2,1-2H3,(H,13,14,15);;. The summed E-state index contributed by atoms with van der Waals surface area (Å²) in [5.74, 6) is 0.538. The first-order valence-corrected chi connectivity index (χ1v) is 7.30. The zero-order chi connectivity index (χ0) is 13.6. The third-order valence-corrected chi connectivity index (χ3v) is 3.00. The second-order valence-corrected chi connectivity index (χ2v) is 5.17. The Bertz CT molecular complexity index is 487. The van der Waals surface area contributed by atoms with Gasteiger partial charge in [-0.3, -0.25) is 4.55 Å². The topological polar surface area (TPSA) is 72.8 Å². The van der Waals surface area contributed by atoms with Crippen molar-refractivity contribution in [3.05, 3.63) is 18.2 Å². The van der Waals surface area contributed by atoms with Crippen LogP contribution in [0.5, 0.6) is 11.5 Å². The SMILES string of the molecule is CCCOc1ccc(OCCC)c(S(=O)(=O)O)c1.[NaH]. The van der Waals surface area contributed by atoms with Crippen molar-refractivity contribution in [2.75, 3.05) is 13.2 Å². The van der Waals surface area contributed by atoms with Crippen LogP contribution in [0.3, 0.4) is 0 Å². The van der Waals surface area contributed by atoms with Crippen LogP contribution in [0.1, 0.15) is 26.7 Å². The Labute approximate surface area is 136 Å². The molecule has 0 saturated heterocycles. The van der Waals surface area contributed by atoms with E-state index in [0.717, 1.165) is 12.8 Å². The van der Waals surface area contributed by atoms with Gasteiger partial charge in [-0.25, -0.2) is 0 Å². The molecule has 0 aliphatic heterocycles. The Morgan fingerprint density at radius 3 is 2.21 bits per heavy atom. The van der Waals surface area contributed by atoms with Crippen molar-refractivity contribution in [3.63, 3.8) is 0 Å².